The topological polar surface area (TPSA) is 74.8 Å². The summed E-state index contributed by atoms with van der Waals surface area (Å²) in [5.74, 6) is 0.0853. The van der Waals surface area contributed by atoms with E-state index in [9.17, 15) is 8.42 Å². The second kappa shape index (κ2) is 7.34. The third-order valence-corrected chi connectivity index (χ3v) is 7.13. The summed E-state index contributed by atoms with van der Waals surface area (Å²) in [6.07, 6.45) is 0. The molecule has 1 aromatic carbocycles. The Labute approximate surface area is 158 Å². The summed E-state index contributed by atoms with van der Waals surface area (Å²) in [7, 11) is -3.64. The minimum Gasteiger partial charge on any atom is -0.282 e. The molecule has 0 radical (unpaired) electrons. The van der Waals surface area contributed by atoms with E-state index in [0.717, 1.165) is 21.0 Å². The first-order valence-electron chi connectivity index (χ1n) is 8.46. The van der Waals surface area contributed by atoms with Gasteiger partial charge in [-0.2, -0.15) is 5.10 Å². The number of H-pyrrole nitrogens is 1. The van der Waals surface area contributed by atoms with Crippen LogP contribution in [-0.4, -0.2) is 25.2 Å². The standard InChI is InChI=1S/C19H23N3O2S2/c1-12(16-8-6-5-7-9-16)11-20-26(23,24)19-15(4)25-14(3)18(19)17-10-13(2)21-22-17/h5-10,12,20H,11H2,1-4H3,(H,21,22)/t12-/m1/s1. The lowest BCUT2D eigenvalue weighted by molar-refractivity contribution is 0.575. The van der Waals surface area contributed by atoms with Gasteiger partial charge in [0.15, 0.2) is 0 Å². The number of nitrogens with zero attached hydrogens (tertiary/aromatic N) is 1. The third-order valence-electron chi connectivity index (χ3n) is 4.38. The van der Waals surface area contributed by atoms with Crippen molar-refractivity contribution in [3.63, 3.8) is 0 Å². The van der Waals surface area contributed by atoms with E-state index in [1.807, 2.05) is 64.1 Å². The lowest BCUT2D eigenvalue weighted by Crippen LogP contribution is -2.28. The van der Waals surface area contributed by atoms with Crippen LogP contribution in [0, 0.1) is 20.8 Å². The van der Waals surface area contributed by atoms with Crippen LogP contribution in [0.5, 0.6) is 0 Å². The minimum atomic E-state index is -3.64. The average molecular weight is 390 g/mol. The number of hydrogen-bond donors (Lipinski definition) is 2. The molecule has 0 fully saturated rings. The van der Waals surface area contributed by atoms with Gasteiger partial charge in [0, 0.05) is 27.6 Å². The summed E-state index contributed by atoms with van der Waals surface area (Å²) in [4.78, 5) is 2.07. The first kappa shape index (κ1) is 18.8. The normalized spacial score (nSPS) is 13.1. The number of aromatic amines is 1. The lowest BCUT2D eigenvalue weighted by atomic mass is 10.0. The Bertz CT molecular complexity index is 1000. The van der Waals surface area contributed by atoms with E-state index in [-0.39, 0.29) is 5.92 Å². The number of sulfonamides is 1. The molecule has 0 aliphatic rings. The van der Waals surface area contributed by atoms with Crippen LogP contribution in [0.25, 0.3) is 11.3 Å². The Hall–Kier alpha value is -1.96. The van der Waals surface area contributed by atoms with Gasteiger partial charge in [-0.3, -0.25) is 5.10 Å². The van der Waals surface area contributed by atoms with E-state index in [0.29, 0.717) is 22.7 Å². The molecule has 0 saturated heterocycles. The van der Waals surface area contributed by atoms with Crippen molar-refractivity contribution in [2.24, 2.45) is 0 Å². The predicted molar refractivity (Wildman–Crippen MR) is 106 cm³/mol. The quantitative estimate of drug-likeness (QED) is 0.665. The molecule has 0 aliphatic heterocycles. The molecule has 7 heteroatoms. The molecular weight excluding hydrogens is 366 g/mol. The van der Waals surface area contributed by atoms with E-state index in [4.69, 9.17) is 0 Å². The minimum absolute atomic E-state index is 0.0853. The van der Waals surface area contributed by atoms with Gasteiger partial charge in [0.05, 0.1) is 5.69 Å². The van der Waals surface area contributed by atoms with Crippen LogP contribution < -0.4 is 4.72 Å². The highest BCUT2D eigenvalue weighted by molar-refractivity contribution is 7.89. The van der Waals surface area contributed by atoms with Gasteiger partial charge in [-0.25, -0.2) is 13.1 Å². The van der Waals surface area contributed by atoms with Gasteiger partial charge in [-0.15, -0.1) is 11.3 Å². The smallest absolute Gasteiger partial charge is 0.242 e. The van der Waals surface area contributed by atoms with Crippen LogP contribution in [0.3, 0.4) is 0 Å². The lowest BCUT2D eigenvalue weighted by Gasteiger charge is -2.14. The number of hydrogen-bond acceptors (Lipinski definition) is 4. The maximum absolute atomic E-state index is 13.1. The van der Waals surface area contributed by atoms with Gasteiger partial charge in [0.2, 0.25) is 10.0 Å². The Morgan fingerprint density at radius 3 is 2.46 bits per heavy atom. The van der Waals surface area contributed by atoms with Crippen molar-refractivity contribution in [2.75, 3.05) is 6.54 Å². The maximum Gasteiger partial charge on any atom is 0.242 e. The summed E-state index contributed by atoms with van der Waals surface area (Å²) in [6.45, 7) is 8.04. The van der Waals surface area contributed by atoms with Crippen molar-refractivity contribution in [3.8, 4) is 11.3 Å². The Kier molecular flexibility index (Phi) is 5.32. The van der Waals surface area contributed by atoms with Crippen molar-refractivity contribution in [3.05, 3.63) is 57.4 Å². The van der Waals surface area contributed by atoms with Crippen LogP contribution in [0.4, 0.5) is 0 Å². The highest BCUT2D eigenvalue weighted by Crippen LogP contribution is 2.38. The zero-order valence-electron chi connectivity index (χ0n) is 15.3. The summed E-state index contributed by atoms with van der Waals surface area (Å²) in [5.41, 5.74) is 3.37. The molecule has 0 aliphatic carbocycles. The molecule has 5 nitrogen and oxygen atoms in total. The number of aromatic nitrogens is 2. The predicted octanol–water partition coefficient (Wildman–Crippen LogP) is 4.15. The molecule has 0 saturated carbocycles. The van der Waals surface area contributed by atoms with Gasteiger partial charge < -0.3 is 0 Å². The summed E-state index contributed by atoms with van der Waals surface area (Å²) >= 11 is 1.48. The summed E-state index contributed by atoms with van der Waals surface area (Å²) < 4.78 is 28.9. The summed E-state index contributed by atoms with van der Waals surface area (Å²) in [6, 6.07) is 11.8. The molecule has 26 heavy (non-hydrogen) atoms. The van der Waals surface area contributed by atoms with Gasteiger partial charge in [0.25, 0.3) is 0 Å². The van der Waals surface area contributed by atoms with Crippen molar-refractivity contribution in [1.29, 1.82) is 0 Å². The fourth-order valence-electron chi connectivity index (χ4n) is 3.04. The highest BCUT2D eigenvalue weighted by Gasteiger charge is 2.27. The van der Waals surface area contributed by atoms with Gasteiger partial charge in [-0.05, 0) is 38.3 Å². The molecular formula is C19H23N3O2S2. The van der Waals surface area contributed by atoms with E-state index in [1.54, 1.807) is 0 Å². The Morgan fingerprint density at radius 2 is 1.85 bits per heavy atom. The molecule has 1 atom stereocenters. The highest BCUT2D eigenvalue weighted by atomic mass is 32.2. The van der Waals surface area contributed by atoms with E-state index in [2.05, 4.69) is 14.9 Å². The van der Waals surface area contributed by atoms with Crippen LogP contribution >= 0.6 is 11.3 Å². The van der Waals surface area contributed by atoms with Crippen LogP contribution in [0.15, 0.2) is 41.3 Å². The second-order valence-electron chi connectivity index (χ2n) is 6.52. The van der Waals surface area contributed by atoms with Gasteiger partial charge in [-0.1, -0.05) is 37.3 Å². The van der Waals surface area contributed by atoms with E-state index < -0.39 is 10.0 Å². The number of nitrogens with one attached hydrogen (secondary N) is 2. The van der Waals surface area contributed by atoms with E-state index in [1.165, 1.54) is 11.3 Å². The molecule has 0 spiro atoms. The van der Waals surface area contributed by atoms with Crippen molar-refractivity contribution in [2.45, 2.75) is 38.5 Å². The first-order valence-corrected chi connectivity index (χ1v) is 10.8. The van der Waals surface area contributed by atoms with Crippen molar-refractivity contribution < 1.29 is 8.42 Å². The summed E-state index contributed by atoms with van der Waals surface area (Å²) in [5, 5.41) is 7.16. The van der Waals surface area contributed by atoms with Gasteiger partial charge >= 0.3 is 0 Å². The molecule has 2 aromatic heterocycles. The average Bonchev–Trinajstić information content (AvgIpc) is 3.16. The molecule has 2 heterocycles. The van der Waals surface area contributed by atoms with Crippen LogP contribution in [-0.2, 0) is 10.0 Å². The molecule has 0 unspecified atom stereocenters. The molecule has 138 valence electrons. The Morgan fingerprint density at radius 1 is 1.15 bits per heavy atom. The van der Waals surface area contributed by atoms with Crippen LogP contribution in [0.2, 0.25) is 0 Å². The monoisotopic (exact) mass is 389 g/mol. The SMILES string of the molecule is Cc1cc(-c2c(C)sc(C)c2S(=O)(=O)NC[C@@H](C)c2ccccc2)n[nH]1. The fraction of sp³-hybridized carbons (Fsp3) is 0.316. The largest absolute Gasteiger partial charge is 0.282 e. The second-order valence-corrected chi connectivity index (χ2v) is 9.65. The number of benzene rings is 1. The number of aryl methyl sites for hydroxylation is 3. The Balaban J connectivity index is 1.90. The molecule has 3 rings (SSSR count). The number of thiophene rings is 1. The molecule has 0 bridgehead atoms. The van der Waals surface area contributed by atoms with Gasteiger partial charge in [0.1, 0.15) is 4.90 Å². The first-order chi connectivity index (χ1) is 12.3. The van der Waals surface area contributed by atoms with Crippen molar-refractivity contribution in [1.82, 2.24) is 14.9 Å². The molecule has 2 N–H and O–H groups in total. The van der Waals surface area contributed by atoms with E-state index >= 15 is 0 Å². The van der Waals surface area contributed by atoms with Crippen LogP contribution in [0.1, 0.15) is 33.9 Å². The maximum atomic E-state index is 13.1. The zero-order valence-corrected chi connectivity index (χ0v) is 17.0. The third kappa shape index (κ3) is 3.75. The fourth-order valence-corrected chi connectivity index (χ4v) is 6.04. The molecule has 0 amide bonds. The van der Waals surface area contributed by atoms with Crippen molar-refractivity contribution >= 4 is 21.4 Å². The zero-order chi connectivity index (χ0) is 18.9. The number of rotatable bonds is 6. The molecule has 3 aromatic rings.